The second-order valence-corrected chi connectivity index (χ2v) is 4.54. The van der Waals surface area contributed by atoms with E-state index in [1.807, 2.05) is 0 Å². The molecule has 7 heteroatoms. The van der Waals surface area contributed by atoms with E-state index >= 15 is 0 Å². The largest absolute Gasteiger partial charge is 0.507 e. The predicted molar refractivity (Wildman–Crippen MR) is 77.9 cm³/mol. The number of nitrogens with zero attached hydrogens (tertiary/aromatic N) is 1. The molecule has 0 heterocycles. The van der Waals surface area contributed by atoms with E-state index in [1.165, 1.54) is 12.1 Å². The molecule has 0 saturated heterocycles. The molecule has 0 bridgehead atoms. The topological polar surface area (TPSA) is 102 Å². The number of hydrogen-bond donors (Lipinski definition) is 4. The Labute approximate surface area is 124 Å². The van der Waals surface area contributed by atoms with Gasteiger partial charge in [-0.25, -0.2) is 5.43 Å². The summed E-state index contributed by atoms with van der Waals surface area (Å²) >= 11 is 5.71. The summed E-state index contributed by atoms with van der Waals surface area (Å²) in [4.78, 5) is 11.7. The zero-order chi connectivity index (χ0) is 15.4. The Morgan fingerprint density at radius 3 is 2.33 bits per heavy atom. The summed E-state index contributed by atoms with van der Waals surface area (Å²) in [7, 11) is 0. The number of carbonyl (C=O) groups is 1. The highest BCUT2D eigenvalue weighted by atomic mass is 35.5. The number of rotatable bonds is 3. The minimum absolute atomic E-state index is 0.140. The Kier molecular flexibility index (Phi) is 4.30. The standard InChI is InChI=1S/C14H11ClN2O4/c15-10-3-1-8(2-4-10)14(21)17-16-7-9-5-12(19)13(20)6-11(9)18/h1-7,18-20H,(H,17,21)/b16-7-. The number of aromatic hydroxyl groups is 3. The maximum atomic E-state index is 11.7. The fourth-order valence-corrected chi connectivity index (χ4v) is 1.64. The van der Waals surface area contributed by atoms with Crippen molar-refractivity contribution in [2.24, 2.45) is 5.10 Å². The molecule has 0 fully saturated rings. The highest BCUT2D eigenvalue weighted by Crippen LogP contribution is 2.31. The highest BCUT2D eigenvalue weighted by molar-refractivity contribution is 6.30. The van der Waals surface area contributed by atoms with E-state index in [2.05, 4.69) is 10.5 Å². The number of hydrogen-bond acceptors (Lipinski definition) is 5. The van der Waals surface area contributed by atoms with Gasteiger partial charge in [0.25, 0.3) is 5.91 Å². The minimum Gasteiger partial charge on any atom is -0.507 e. The second-order valence-electron chi connectivity index (χ2n) is 4.11. The molecule has 2 rings (SSSR count). The van der Waals surface area contributed by atoms with E-state index < -0.39 is 17.4 Å². The van der Waals surface area contributed by atoms with Crippen LogP contribution in [0, 0.1) is 0 Å². The van der Waals surface area contributed by atoms with Gasteiger partial charge in [0.15, 0.2) is 11.5 Å². The van der Waals surface area contributed by atoms with Gasteiger partial charge in [0.1, 0.15) is 5.75 Å². The molecule has 108 valence electrons. The molecule has 2 aromatic carbocycles. The molecule has 2 aromatic rings. The van der Waals surface area contributed by atoms with Gasteiger partial charge in [-0.3, -0.25) is 4.79 Å². The summed E-state index contributed by atoms with van der Waals surface area (Å²) in [5.74, 6) is -1.59. The average Bonchev–Trinajstić information content (AvgIpc) is 2.45. The first-order chi connectivity index (χ1) is 9.97. The third-order valence-electron chi connectivity index (χ3n) is 2.60. The molecule has 4 N–H and O–H groups in total. The maximum Gasteiger partial charge on any atom is 0.271 e. The van der Waals surface area contributed by atoms with Crippen LogP contribution in [0.25, 0.3) is 0 Å². The Balaban J connectivity index is 2.07. The fraction of sp³-hybridized carbons (Fsp3) is 0. The van der Waals surface area contributed by atoms with Crippen LogP contribution >= 0.6 is 11.6 Å². The minimum atomic E-state index is -0.453. The Hall–Kier alpha value is -2.73. The van der Waals surface area contributed by atoms with E-state index in [0.29, 0.717) is 10.6 Å². The lowest BCUT2D eigenvalue weighted by Gasteiger charge is -2.03. The zero-order valence-electron chi connectivity index (χ0n) is 10.6. The first-order valence-corrected chi connectivity index (χ1v) is 6.19. The number of nitrogens with one attached hydrogen (secondary N) is 1. The van der Waals surface area contributed by atoms with Gasteiger partial charge in [-0.2, -0.15) is 5.10 Å². The van der Waals surface area contributed by atoms with Crippen LogP contribution in [-0.4, -0.2) is 27.4 Å². The third kappa shape index (κ3) is 3.64. The molecule has 1 amide bonds. The van der Waals surface area contributed by atoms with Crippen molar-refractivity contribution in [1.82, 2.24) is 5.43 Å². The van der Waals surface area contributed by atoms with Gasteiger partial charge < -0.3 is 15.3 Å². The average molecular weight is 307 g/mol. The number of amides is 1. The van der Waals surface area contributed by atoms with E-state index in [1.54, 1.807) is 12.1 Å². The highest BCUT2D eigenvalue weighted by Gasteiger charge is 2.07. The van der Waals surface area contributed by atoms with Crippen molar-refractivity contribution in [2.75, 3.05) is 0 Å². The van der Waals surface area contributed by atoms with Crippen LogP contribution in [0.5, 0.6) is 17.2 Å². The third-order valence-corrected chi connectivity index (χ3v) is 2.85. The van der Waals surface area contributed by atoms with Gasteiger partial charge >= 0.3 is 0 Å². The van der Waals surface area contributed by atoms with Crippen LogP contribution in [0.4, 0.5) is 0 Å². The van der Waals surface area contributed by atoms with Crippen molar-refractivity contribution >= 4 is 23.7 Å². The van der Waals surface area contributed by atoms with E-state index in [4.69, 9.17) is 11.6 Å². The van der Waals surface area contributed by atoms with E-state index in [9.17, 15) is 20.1 Å². The van der Waals surface area contributed by atoms with Crippen molar-refractivity contribution in [1.29, 1.82) is 0 Å². The van der Waals surface area contributed by atoms with Crippen LogP contribution in [0.1, 0.15) is 15.9 Å². The zero-order valence-corrected chi connectivity index (χ0v) is 11.4. The van der Waals surface area contributed by atoms with Gasteiger partial charge in [0, 0.05) is 22.2 Å². The summed E-state index contributed by atoms with van der Waals surface area (Å²) in [5, 5.41) is 32.2. The first-order valence-electron chi connectivity index (χ1n) is 5.81. The smallest absolute Gasteiger partial charge is 0.271 e. The molecule has 0 aliphatic heterocycles. The predicted octanol–water partition coefficient (Wildman–Crippen LogP) is 2.22. The molecule has 0 radical (unpaired) electrons. The van der Waals surface area contributed by atoms with Gasteiger partial charge in [0.05, 0.1) is 6.21 Å². The lowest BCUT2D eigenvalue weighted by Crippen LogP contribution is -2.17. The van der Waals surface area contributed by atoms with Crippen molar-refractivity contribution in [3.05, 3.63) is 52.5 Å². The molecule has 6 nitrogen and oxygen atoms in total. The number of halogens is 1. The summed E-state index contributed by atoms with van der Waals surface area (Å²) in [6.45, 7) is 0. The van der Waals surface area contributed by atoms with Crippen molar-refractivity contribution < 1.29 is 20.1 Å². The first kappa shape index (κ1) is 14.7. The van der Waals surface area contributed by atoms with Gasteiger partial charge in [0.2, 0.25) is 0 Å². The Morgan fingerprint density at radius 2 is 1.67 bits per heavy atom. The number of phenols is 3. The van der Waals surface area contributed by atoms with Crippen molar-refractivity contribution in [3.63, 3.8) is 0 Å². The molecule has 0 unspecified atom stereocenters. The fourth-order valence-electron chi connectivity index (χ4n) is 1.51. The van der Waals surface area contributed by atoms with E-state index in [0.717, 1.165) is 18.3 Å². The Bertz CT molecular complexity index is 699. The normalized spacial score (nSPS) is 10.7. The van der Waals surface area contributed by atoms with Gasteiger partial charge in [-0.15, -0.1) is 0 Å². The quantitative estimate of drug-likeness (QED) is 0.302. The second kappa shape index (κ2) is 6.15. The lowest BCUT2D eigenvalue weighted by molar-refractivity contribution is 0.0955. The number of carbonyl (C=O) groups excluding carboxylic acids is 1. The molecule has 0 saturated carbocycles. The summed E-state index contributed by atoms with van der Waals surface area (Å²) in [5.41, 5.74) is 2.77. The molecule has 21 heavy (non-hydrogen) atoms. The number of benzene rings is 2. The van der Waals surface area contributed by atoms with Gasteiger partial charge in [-0.05, 0) is 30.3 Å². The summed E-state index contributed by atoms with van der Waals surface area (Å²) in [6, 6.07) is 8.31. The molecule has 0 atom stereocenters. The van der Waals surface area contributed by atoms with Crippen LogP contribution in [-0.2, 0) is 0 Å². The maximum absolute atomic E-state index is 11.7. The summed E-state index contributed by atoms with van der Waals surface area (Å²) < 4.78 is 0. The van der Waals surface area contributed by atoms with Crippen molar-refractivity contribution in [3.8, 4) is 17.2 Å². The molecular formula is C14H11ClN2O4. The summed E-state index contributed by atoms with van der Waals surface area (Å²) in [6.07, 6.45) is 1.14. The van der Waals surface area contributed by atoms with Crippen LogP contribution in [0.2, 0.25) is 5.02 Å². The molecule has 0 aliphatic carbocycles. The van der Waals surface area contributed by atoms with E-state index in [-0.39, 0.29) is 11.3 Å². The van der Waals surface area contributed by atoms with Crippen molar-refractivity contribution in [2.45, 2.75) is 0 Å². The van der Waals surface area contributed by atoms with Crippen LogP contribution in [0.15, 0.2) is 41.5 Å². The molecular weight excluding hydrogens is 296 g/mol. The van der Waals surface area contributed by atoms with Crippen LogP contribution in [0.3, 0.4) is 0 Å². The molecule has 0 aliphatic rings. The SMILES string of the molecule is O=C(N/N=C\c1cc(O)c(O)cc1O)c1ccc(Cl)cc1. The molecule has 0 spiro atoms. The number of phenolic OH excluding ortho intramolecular Hbond substituents is 3. The van der Waals surface area contributed by atoms with Gasteiger partial charge in [-0.1, -0.05) is 11.6 Å². The monoisotopic (exact) mass is 306 g/mol. The number of hydrazone groups is 1. The van der Waals surface area contributed by atoms with Crippen LogP contribution < -0.4 is 5.43 Å². The molecule has 0 aromatic heterocycles. The lowest BCUT2D eigenvalue weighted by atomic mass is 10.2. The Morgan fingerprint density at radius 1 is 1.05 bits per heavy atom.